The Labute approximate surface area is 225 Å². The zero-order valence-corrected chi connectivity index (χ0v) is 21.9. The lowest BCUT2D eigenvalue weighted by molar-refractivity contribution is -0.134. The molecule has 1 aliphatic rings. The third-order valence-electron chi connectivity index (χ3n) is 5.83. The first-order chi connectivity index (χ1) is 16.8. The SMILES string of the molecule is NC(Cc1ccc(Cl)cc1Cl)C(=O)N1CCN(Cc2cccc(Oc3cc(Cl)cc(Cl)c3)c2)CC1. The molecule has 0 saturated carbocycles. The molecule has 3 aromatic carbocycles. The number of amides is 1. The molecule has 184 valence electrons. The summed E-state index contributed by atoms with van der Waals surface area (Å²) in [5, 5.41) is 2.12. The first-order valence-corrected chi connectivity index (χ1v) is 12.7. The van der Waals surface area contributed by atoms with Crippen molar-refractivity contribution in [3.63, 3.8) is 0 Å². The van der Waals surface area contributed by atoms with E-state index in [1.54, 1.807) is 30.3 Å². The molecule has 1 saturated heterocycles. The van der Waals surface area contributed by atoms with Gasteiger partial charge in [0.1, 0.15) is 11.5 Å². The molecule has 35 heavy (non-hydrogen) atoms. The summed E-state index contributed by atoms with van der Waals surface area (Å²) in [5.41, 5.74) is 8.15. The number of rotatable bonds is 7. The molecule has 0 aliphatic carbocycles. The zero-order chi connectivity index (χ0) is 24.9. The van der Waals surface area contributed by atoms with Gasteiger partial charge in [-0.15, -0.1) is 0 Å². The molecule has 4 rings (SSSR count). The van der Waals surface area contributed by atoms with Gasteiger partial charge in [-0.05, 0) is 60.0 Å². The fourth-order valence-corrected chi connectivity index (χ4v) is 5.05. The molecular formula is C26H25Cl4N3O2. The summed E-state index contributed by atoms with van der Waals surface area (Å²) in [4.78, 5) is 17.0. The molecule has 0 spiro atoms. The van der Waals surface area contributed by atoms with Gasteiger partial charge in [0, 0.05) is 52.8 Å². The van der Waals surface area contributed by atoms with Crippen LogP contribution in [0.25, 0.3) is 0 Å². The van der Waals surface area contributed by atoms with E-state index in [1.807, 2.05) is 29.2 Å². The predicted octanol–water partition coefficient (Wildman–Crippen LogP) is 6.31. The Morgan fingerprint density at radius 1 is 0.857 bits per heavy atom. The lowest BCUT2D eigenvalue weighted by Crippen LogP contribution is -2.53. The fraction of sp³-hybridized carbons (Fsp3) is 0.269. The number of piperazine rings is 1. The second-order valence-corrected chi connectivity index (χ2v) is 10.2. The van der Waals surface area contributed by atoms with Crippen LogP contribution in [0, 0.1) is 0 Å². The Morgan fingerprint density at radius 3 is 2.26 bits per heavy atom. The van der Waals surface area contributed by atoms with Gasteiger partial charge in [0.25, 0.3) is 0 Å². The van der Waals surface area contributed by atoms with Crippen molar-refractivity contribution in [2.45, 2.75) is 19.0 Å². The van der Waals surface area contributed by atoms with Crippen LogP contribution >= 0.6 is 46.4 Å². The Kier molecular flexibility index (Phi) is 8.82. The average Bonchev–Trinajstić information content (AvgIpc) is 2.80. The molecule has 1 atom stereocenters. The highest BCUT2D eigenvalue weighted by molar-refractivity contribution is 6.35. The molecule has 0 bridgehead atoms. The van der Waals surface area contributed by atoms with Crippen molar-refractivity contribution in [1.82, 2.24) is 9.80 Å². The lowest BCUT2D eigenvalue weighted by atomic mass is 10.0. The molecule has 2 N–H and O–H groups in total. The maximum atomic E-state index is 12.9. The van der Waals surface area contributed by atoms with Crippen LogP contribution < -0.4 is 10.5 Å². The summed E-state index contributed by atoms with van der Waals surface area (Å²) in [6, 6.07) is 17.6. The second kappa shape index (κ2) is 11.8. The Hall–Kier alpha value is -1.99. The van der Waals surface area contributed by atoms with E-state index >= 15 is 0 Å². The molecule has 1 heterocycles. The quantitative estimate of drug-likeness (QED) is 0.373. The van der Waals surface area contributed by atoms with Gasteiger partial charge >= 0.3 is 0 Å². The number of halogens is 4. The monoisotopic (exact) mass is 551 g/mol. The van der Waals surface area contributed by atoms with Gasteiger partial charge in [-0.25, -0.2) is 0 Å². The summed E-state index contributed by atoms with van der Waals surface area (Å²) in [7, 11) is 0. The third kappa shape index (κ3) is 7.26. The molecule has 1 fully saturated rings. The molecule has 9 heteroatoms. The van der Waals surface area contributed by atoms with Crippen LogP contribution in [0.15, 0.2) is 60.7 Å². The molecule has 5 nitrogen and oxygen atoms in total. The number of carbonyl (C=O) groups is 1. The molecule has 1 aliphatic heterocycles. The van der Waals surface area contributed by atoms with E-state index in [4.69, 9.17) is 56.9 Å². The van der Waals surface area contributed by atoms with Crippen LogP contribution in [-0.4, -0.2) is 47.9 Å². The number of hydrogen-bond donors (Lipinski definition) is 1. The van der Waals surface area contributed by atoms with Crippen LogP contribution in [0.1, 0.15) is 11.1 Å². The number of hydrogen-bond acceptors (Lipinski definition) is 4. The molecule has 3 aromatic rings. The van der Waals surface area contributed by atoms with Crippen LogP contribution in [0.5, 0.6) is 11.5 Å². The third-order valence-corrected chi connectivity index (χ3v) is 6.86. The van der Waals surface area contributed by atoms with Crippen molar-refractivity contribution in [2.75, 3.05) is 26.2 Å². The summed E-state index contributed by atoms with van der Waals surface area (Å²) in [6.07, 6.45) is 0.375. The largest absolute Gasteiger partial charge is 0.457 e. The van der Waals surface area contributed by atoms with E-state index in [2.05, 4.69) is 11.0 Å². The minimum atomic E-state index is -0.644. The highest BCUT2D eigenvalue weighted by Gasteiger charge is 2.26. The summed E-state index contributed by atoms with van der Waals surface area (Å²) >= 11 is 24.3. The number of benzene rings is 3. The smallest absolute Gasteiger partial charge is 0.239 e. The van der Waals surface area contributed by atoms with Crippen molar-refractivity contribution in [3.05, 3.63) is 91.9 Å². The van der Waals surface area contributed by atoms with Crippen molar-refractivity contribution in [2.24, 2.45) is 5.73 Å². The van der Waals surface area contributed by atoms with E-state index in [0.29, 0.717) is 51.1 Å². The minimum absolute atomic E-state index is 0.0637. The molecule has 1 unspecified atom stereocenters. The van der Waals surface area contributed by atoms with Gasteiger partial charge in [-0.1, -0.05) is 64.6 Å². The van der Waals surface area contributed by atoms with Gasteiger partial charge in [-0.2, -0.15) is 0 Å². The highest BCUT2D eigenvalue weighted by Crippen LogP contribution is 2.29. The van der Waals surface area contributed by atoms with Crippen LogP contribution in [-0.2, 0) is 17.8 Å². The number of nitrogens with zero attached hydrogens (tertiary/aromatic N) is 2. The number of carbonyl (C=O) groups excluding carboxylic acids is 1. The van der Waals surface area contributed by atoms with Crippen molar-refractivity contribution in [1.29, 1.82) is 0 Å². The molecule has 0 aromatic heterocycles. The predicted molar refractivity (Wildman–Crippen MR) is 143 cm³/mol. The first-order valence-electron chi connectivity index (χ1n) is 11.2. The van der Waals surface area contributed by atoms with Crippen molar-refractivity contribution < 1.29 is 9.53 Å². The van der Waals surface area contributed by atoms with Crippen molar-refractivity contribution in [3.8, 4) is 11.5 Å². The molecule has 0 radical (unpaired) electrons. The van der Waals surface area contributed by atoms with E-state index in [0.717, 1.165) is 30.8 Å². The topological polar surface area (TPSA) is 58.8 Å². The standard InChI is InChI=1S/C26H25Cl4N3O2/c27-19-5-4-18(24(30)15-19)11-25(31)26(34)33-8-6-32(7-9-33)16-17-2-1-3-22(10-17)35-23-13-20(28)12-21(29)14-23/h1-5,10,12-15,25H,6-9,11,16,31H2. The zero-order valence-electron chi connectivity index (χ0n) is 18.9. The normalized spacial score (nSPS) is 15.2. The van der Waals surface area contributed by atoms with Gasteiger partial charge in [-0.3, -0.25) is 9.69 Å². The highest BCUT2D eigenvalue weighted by atomic mass is 35.5. The van der Waals surface area contributed by atoms with Crippen LogP contribution in [0.3, 0.4) is 0 Å². The maximum absolute atomic E-state index is 12.9. The Morgan fingerprint density at radius 2 is 1.57 bits per heavy atom. The summed E-state index contributed by atoms with van der Waals surface area (Å²) in [5.74, 6) is 1.23. The molecular weight excluding hydrogens is 528 g/mol. The van der Waals surface area contributed by atoms with E-state index in [-0.39, 0.29) is 5.91 Å². The minimum Gasteiger partial charge on any atom is -0.457 e. The van der Waals surface area contributed by atoms with Crippen LogP contribution in [0.4, 0.5) is 0 Å². The second-order valence-electron chi connectivity index (χ2n) is 8.50. The fourth-order valence-electron chi connectivity index (χ4n) is 4.06. The number of nitrogens with two attached hydrogens (primary N) is 1. The average molecular weight is 553 g/mol. The first kappa shape index (κ1) is 26.1. The van der Waals surface area contributed by atoms with Crippen LogP contribution in [0.2, 0.25) is 20.1 Å². The lowest BCUT2D eigenvalue weighted by Gasteiger charge is -2.36. The Bertz CT molecular complexity index is 1180. The summed E-state index contributed by atoms with van der Waals surface area (Å²) < 4.78 is 5.94. The summed E-state index contributed by atoms with van der Waals surface area (Å²) in [6.45, 7) is 3.52. The van der Waals surface area contributed by atoms with Gasteiger partial charge in [0.05, 0.1) is 6.04 Å². The van der Waals surface area contributed by atoms with E-state index in [1.165, 1.54) is 0 Å². The van der Waals surface area contributed by atoms with E-state index < -0.39 is 6.04 Å². The number of ether oxygens (including phenoxy) is 1. The van der Waals surface area contributed by atoms with Gasteiger partial charge < -0.3 is 15.4 Å². The molecule has 1 amide bonds. The maximum Gasteiger partial charge on any atom is 0.239 e. The van der Waals surface area contributed by atoms with Gasteiger partial charge in [0.15, 0.2) is 0 Å². The Balaban J connectivity index is 1.29. The van der Waals surface area contributed by atoms with Crippen molar-refractivity contribution >= 4 is 52.3 Å². The van der Waals surface area contributed by atoms with E-state index in [9.17, 15) is 4.79 Å². The van der Waals surface area contributed by atoms with Gasteiger partial charge in [0.2, 0.25) is 5.91 Å².